The van der Waals surface area contributed by atoms with Gasteiger partial charge in [0.15, 0.2) is 0 Å². The van der Waals surface area contributed by atoms with Crippen LogP contribution in [0.1, 0.15) is 45.7 Å². The van der Waals surface area contributed by atoms with E-state index in [1.54, 1.807) is 24.0 Å². The molecule has 2 amide bonds. The number of anilines is 1. The molecule has 0 spiro atoms. The zero-order valence-electron chi connectivity index (χ0n) is 16.4. The number of amides is 2. The van der Waals surface area contributed by atoms with Gasteiger partial charge in [0.25, 0.3) is 11.8 Å². The molecule has 1 aliphatic rings. The lowest BCUT2D eigenvalue weighted by Crippen LogP contribution is -2.37. The van der Waals surface area contributed by atoms with E-state index >= 15 is 0 Å². The molecule has 1 N–H and O–H groups in total. The van der Waals surface area contributed by atoms with Gasteiger partial charge in [-0.25, -0.2) is 0 Å². The Bertz CT molecular complexity index is 1000. The van der Waals surface area contributed by atoms with Crippen molar-refractivity contribution in [1.29, 1.82) is 0 Å². The van der Waals surface area contributed by atoms with Crippen molar-refractivity contribution < 1.29 is 9.59 Å². The Morgan fingerprint density at radius 3 is 2.69 bits per heavy atom. The van der Waals surface area contributed by atoms with E-state index in [0.717, 1.165) is 37.9 Å². The molecule has 1 fully saturated rings. The van der Waals surface area contributed by atoms with Crippen LogP contribution in [0.4, 0.5) is 5.69 Å². The van der Waals surface area contributed by atoms with Gasteiger partial charge < -0.3 is 10.2 Å². The molecule has 0 bridgehead atoms. The topological polar surface area (TPSA) is 85.0 Å². The van der Waals surface area contributed by atoms with Crippen LogP contribution in [-0.4, -0.2) is 49.4 Å². The maximum atomic E-state index is 13.0. The molecule has 0 unspecified atom stereocenters. The van der Waals surface area contributed by atoms with Crippen LogP contribution in [0.5, 0.6) is 0 Å². The summed E-state index contributed by atoms with van der Waals surface area (Å²) in [5, 5.41) is 11.2. The van der Waals surface area contributed by atoms with Gasteiger partial charge in [0.1, 0.15) is 5.69 Å². The highest BCUT2D eigenvalue weighted by atomic mass is 16.2. The van der Waals surface area contributed by atoms with Gasteiger partial charge in [0.2, 0.25) is 0 Å². The number of nitrogens with one attached hydrogen (secondary N) is 1. The summed E-state index contributed by atoms with van der Waals surface area (Å²) in [5.41, 5.74) is 2.34. The molecule has 8 nitrogen and oxygen atoms in total. The zero-order chi connectivity index (χ0) is 20.2. The average Bonchev–Trinajstić information content (AvgIpc) is 3.38. The van der Waals surface area contributed by atoms with Crippen LogP contribution in [0.3, 0.4) is 0 Å². The summed E-state index contributed by atoms with van der Waals surface area (Å²) >= 11 is 0. The Morgan fingerprint density at radius 1 is 1.10 bits per heavy atom. The fraction of sp³-hybridized carbons (Fsp3) is 0.333. The summed E-state index contributed by atoms with van der Waals surface area (Å²) < 4.78 is 3.33. The van der Waals surface area contributed by atoms with Crippen LogP contribution in [0, 0.1) is 0 Å². The van der Waals surface area contributed by atoms with E-state index in [1.807, 2.05) is 35.4 Å². The molecule has 0 aliphatic carbocycles. The molecule has 3 aromatic rings. The second-order valence-corrected chi connectivity index (χ2v) is 7.24. The zero-order valence-corrected chi connectivity index (χ0v) is 16.4. The largest absolute Gasteiger partial charge is 0.337 e. The summed E-state index contributed by atoms with van der Waals surface area (Å²) in [6, 6.07) is 9.24. The second-order valence-electron chi connectivity index (χ2n) is 7.24. The number of nitrogens with zero attached hydrogens (tertiary/aromatic N) is 5. The summed E-state index contributed by atoms with van der Waals surface area (Å²) in [6.07, 6.45) is 8.29. The van der Waals surface area contributed by atoms with Crippen molar-refractivity contribution in [3.8, 4) is 0 Å². The molecule has 1 saturated heterocycles. The van der Waals surface area contributed by atoms with Gasteiger partial charge in [-0.15, -0.1) is 0 Å². The standard InChI is InChI=1S/C21H24N6O2/c1-25-19(21(29)26-10-3-2-4-11-26)18(14-23-25)24-20(28)17-8-5-7-16(13-17)15-27-12-6-9-22-27/h5-9,12-14H,2-4,10-11,15H2,1H3,(H,24,28). The van der Waals surface area contributed by atoms with Crippen molar-refractivity contribution in [2.75, 3.05) is 18.4 Å². The fourth-order valence-corrected chi connectivity index (χ4v) is 3.62. The van der Waals surface area contributed by atoms with Crippen molar-refractivity contribution in [1.82, 2.24) is 24.5 Å². The smallest absolute Gasteiger partial charge is 0.274 e. The monoisotopic (exact) mass is 392 g/mol. The number of likely N-dealkylation sites (tertiary alicyclic amines) is 1. The minimum absolute atomic E-state index is 0.0903. The summed E-state index contributed by atoms with van der Waals surface area (Å²) in [6.45, 7) is 2.07. The number of aryl methyl sites for hydroxylation is 1. The Labute approximate surface area is 169 Å². The van der Waals surface area contributed by atoms with Gasteiger partial charge in [0.05, 0.1) is 18.4 Å². The van der Waals surface area contributed by atoms with E-state index in [9.17, 15) is 9.59 Å². The van der Waals surface area contributed by atoms with Crippen LogP contribution in [0.15, 0.2) is 48.9 Å². The maximum absolute atomic E-state index is 13.0. The minimum Gasteiger partial charge on any atom is -0.337 e. The predicted molar refractivity (Wildman–Crippen MR) is 109 cm³/mol. The first kappa shape index (κ1) is 18.9. The van der Waals surface area contributed by atoms with Gasteiger partial charge in [-0.05, 0) is 43.0 Å². The van der Waals surface area contributed by atoms with E-state index < -0.39 is 0 Å². The average molecular weight is 392 g/mol. The van der Waals surface area contributed by atoms with Crippen molar-refractivity contribution >= 4 is 17.5 Å². The van der Waals surface area contributed by atoms with Gasteiger partial charge in [-0.3, -0.25) is 19.0 Å². The van der Waals surface area contributed by atoms with Crippen molar-refractivity contribution in [2.24, 2.45) is 7.05 Å². The Morgan fingerprint density at radius 2 is 1.93 bits per heavy atom. The molecule has 3 heterocycles. The molecule has 1 aromatic carbocycles. The third-order valence-corrected chi connectivity index (χ3v) is 5.13. The summed E-state index contributed by atoms with van der Waals surface area (Å²) in [7, 11) is 1.72. The van der Waals surface area contributed by atoms with Crippen LogP contribution < -0.4 is 5.32 Å². The molecular formula is C21H24N6O2. The Hall–Kier alpha value is -3.42. The molecular weight excluding hydrogens is 368 g/mol. The molecule has 2 aromatic heterocycles. The Balaban J connectivity index is 1.51. The number of carbonyl (C=O) groups excluding carboxylic acids is 2. The number of carbonyl (C=O) groups is 2. The number of hydrogen-bond donors (Lipinski definition) is 1. The number of hydrogen-bond acceptors (Lipinski definition) is 4. The highest BCUT2D eigenvalue weighted by molar-refractivity contribution is 6.08. The van der Waals surface area contributed by atoms with Crippen LogP contribution in [-0.2, 0) is 13.6 Å². The quantitative estimate of drug-likeness (QED) is 0.723. The van der Waals surface area contributed by atoms with Crippen LogP contribution in [0.2, 0.25) is 0 Å². The number of benzene rings is 1. The van der Waals surface area contributed by atoms with Crippen LogP contribution >= 0.6 is 0 Å². The minimum atomic E-state index is -0.270. The Kier molecular flexibility index (Phi) is 5.41. The van der Waals surface area contributed by atoms with Gasteiger partial charge in [-0.2, -0.15) is 10.2 Å². The van der Waals surface area contributed by atoms with Gasteiger partial charge >= 0.3 is 0 Å². The van der Waals surface area contributed by atoms with E-state index in [4.69, 9.17) is 0 Å². The first-order chi connectivity index (χ1) is 14.1. The molecule has 4 rings (SSSR count). The first-order valence-corrected chi connectivity index (χ1v) is 9.81. The van der Waals surface area contributed by atoms with Gasteiger partial charge in [-0.1, -0.05) is 12.1 Å². The lowest BCUT2D eigenvalue weighted by molar-refractivity contribution is 0.0714. The van der Waals surface area contributed by atoms with E-state index in [1.165, 1.54) is 10.9 Å². The molecule has 0 saturated carbocycles. The molecule has 0 radical (unpaired) electrons. The lowest BCUT2D eigenvalue weighted by Gasteiger charge is -2.27. The fourth-order valence-electron chi connectivity index (χ4n) is 3.62. The predicted octanol–water partition coefficient (Wildman–Crippen LogP) is 2.54. The summed E-state index contributed by atoms with van der Waals surface area (Å²) in [5.74, 6) is -0.361. The van der Waals surface area contributed by atoms with E-state index in [-0.39, 0.29) is 11.8 Å². The van der Waals surface area contributed by atoms with Crippen molar-refractivity contribution in [2.45, 2.75) is 25.8 Å². The van der Waals surface area contributed by atoms with E-state index in [2.05, 4.69) is 15.5 Å². The number of rotatable bonds is 5. The van der Waals surface area contributed by atoms with Gasteiger partial charge in [0, 0.05) is 38.1 Å². The third-order valence-electron chi connectivity index (χ3n) is 5.13. The normalized spacial score (nSPS) is 14.0. The highest BCUT2D eigenvalue weighted by Crippen LogP contribution is 2.20. The first-order valence-electron chi connectivity index (χ1n) is 9.81. The SMILES string of the molecule is Cn1ncc(NC(=O)c2cccc(Cn3cccn3)c2)c1C(=O)N1CCCCC1. The number of piperidine rings is 1. The maximum Gasteiger partial charge on any atom is 0.274 e. The highest BCUT2D eigenvalue weighted by Gasteiger charge is 2.25. The second kappa shape index (κ2) is 8.30. The van der Waals surface area contributed by atoms with Crippen LogP contribution in [0.25, 0.3) is 0 Å². The molecule has 0 atom stereocenters. The van der Waals surface area contributed by atoms with Crippen molar-refractivity contribution in [3.05, 3.63) is 65.7 Å². The lowest BCUT2D eigenvalue weighted by atomic mass is 10.1. The molecule has 1 aliphatic heterocycles. The van der Waals surface area contributed by atoms with Crippen molar-refractivity contribution in [3.63, 3.8) is 0 Å². The molecule has 8 heteroatoms. The number of aromatic nitrogens is 4. The van der Waals surface area contributed by atoms with E-state index in [0.29, 0.717) is 23.5 Å². The third kappa shape index (κ3) is 4.21. The molecule has 29 heavy (non-hydrogen) atoms. The molecule has 150 valence electrons. The summed E-state index contributed by atoms with van der Waals surface area (Å²) in [4.78, 5) is 27.6.